The van der Waals surface area contributed by atoms with Crippen LogP contribution in [0.3, 0.4) is 0 Å². The highest BCUT2D eigenvalue weighted by atomic mass is 32.1. The molecule has 0 fully saturated rings. The number of ether oxygens (including phenoxy) is 1. The van der Waals surface area contributed by atoms with Gasteiger partial charge in [0.05, 0.1) is 12.6 Å². The molecule has 0 spiro atoms. The van der Waals surface area contributed by atoms with Crippen molar-refractivity contribution < 1.29 is 9.53 Å². The molecule has 1 aromatic carbocycles. The third-order valence-electron chi connectivity index (χ3n) is 3.02. The zero-order valence-corrected chi connectivity index (χ0v) is 13.9. The van der Waals surface area contributed by atoms with Gasteiger partial charge in [0.25, 0.3) is 0 Å². The number of nitrogens with zero attached hydrogens (tertiary/aromatic N) is 1. The normalized spacial score (nSPS) is 11.8. The van der Waals surface area contributed by atoms with E-state index < -0.39 is 0 Å². The van der Waals surface area contributed by atoms with E-state index in [2.05, 4.69) is 21.7 Å². The predicted octanol–water partition coefficient (Wildman–Crippen LogP) is 3.20. The van der Waals surface area contributed by atoms with Crippen molar-refractivity contribution >= 4 is 17.4 Å². The van der Waals surface area contributed by atoms with Crippen LogP contribution in [0.1, 0.15) is 29.1 Å². The standard InChI is InChI=1S/C16H21N3O2S/c1-11-8-12(2)10-14(9-11)21-6-4-18-16(20)19-13(3)15-17-5-7-22-15/h5,7-10,13H,4,6H2,1-3H3,(H2,18,19,20)/t13-/m0/s1. The van der Waals surface area contributed by atoms with Gasteiger partial charge in [0.1, 0.15) is 17.4 Å². The molecule has 2 rings (SSSR count). The molecule has 1 aromatic heterocycles. The van der Waals surface area contributed by atoms with Gasteiger partial charge in [-0.25, -0.2) is 9.78 Å². The molecule has 0 saturated carbocycles. The number of thiazole rings is 1. The summed E-state index contributed by atoms with van der Waals surface area (Å²) >= 11 is 1.52. The van der Waals surface area contributed by atoms with E-state index in [0.717, 1.165) is 21.9 Å². The molecular formula is C16H21N3O2S. The minimum absolute atomic E-state index is 0.0969. The average Bonchev–Trinajstić information content (AvgIpc) is 2.96. The largest absolute Gasteiger partial charge is 0.492 e. The second kappa shape index (κ2) is 7.79. The first-order chi connectivity index (χ1) is 10.5. The van der Waals surface area contributed by atoms with Crippen LogP contribution in [-0.4, -0.2) is 24.2 Å². The predicted molar refractivity (Wildman–Crippen MR) is 88.5 cm³/mol. The Morgan fingerprint density at radius 2 is 2.05 bits per heavy atom. The Hall–Kier alpha value is -2.08. The van der Waals surface area contributed by atoms with Gasteiger partial charge in [-0.2, -0.15) is 0 Å². The summed E-state index contributed by atoms with van der Waals surface area (Å²) in [4.78, 5) is 15.9. The molecule has 0 aliphatic carbocycles. The number of hydrogen-bond acceptors (Lipinski definition) is 4. The monoisotopic (exact) mass is 319 g/mol. The van der Waals surface area contributed by atoms with Crippen LogP contribution in [0.15, 0.2) is 29.8 Å². The summed E-state index contributed by atoms with van der Waals surface area (Å²) in [6.07, 6.45) is 1.73. The van der Waals surface area contributed by atoms with E-state index in [4.69, 9.17) is 4.74 Å². The van der Waals surface area contributed by atoms with Gasteiger partial charge in [0.15, 0.2) is 0 Å². The Morgan fingerprint density at radius 3 is 2.68 bits per heavy atom. The van der Waals surface area contributed by atoms with Crippen molar-refractivity contribution in [1.82, 2.24) is 15.6 Å². The van der Waals surface area contributed by atoms with Gasteiger partial charge in [0, 0.05) is 11.6 Å². The molecule has 0 bridgehead atoms. The quantitative estimate of drug-likeness (QED) is 0.804. The SMILES string of the molecule is Cc1cc(C)cc(OCCNC(=O)N[C@@H](C)c2nccs2)c1. The molecule has 2 aromatic rings. The Balaban J connectivity index is 1.69. The fourth-order valence-electron chi connectivity index (χ4n) is 2.11. The maximum absolute atomic E-state index is 11.8. The van der Waals surface area contributed by atoms with Crippen molar-refractivity contribution in [2.75, 3.05) is 13.2 Å². The summed E-state index contributed by atoms with van der Waals surface area (Å²) in [5.41, 5.74) is 2.33. The summed E-state index contributed by atoms with van der Waals surface area (Å²) in [5.74, 6) is 0.830. The van der Waals surface area contributed by atoms with E-state index in [9.17, 15) is 4.79 Å². The molecule has 5 nitrogen and oxygen atoms in total. The van der Waals surface area contributed by atoms with Gasteiger partial charge in [-0.1, -0.05) is 6.07 Å². The summed E-state index contributed by atoms with van der Waals surface area (Å²) in [6.45, 7) is 6.85. The molecule has 6 heteroatoms. The van der Waals surface area contributed by atoms with Gasteiger partial charge in [-0.3, -0.25) is 0 Å². The molecule has 22 heavy (non-hydrogen) atoms. The molecule has 0 unspecified atom stereocenters. The van der Waals surface area contributed by atoms with Crippen molar-refractivity contribution in [2.24, 2.45) is 0 Å². The van der Waals surface area contributed by atoms with Crippen LogP contribution in [0.4, 0.5) is 4.79 Å². The number of urea groups is 1. The van der Waals surface area contributed by atoms with E-state index in [1.165, 1.54) is 11.3 Å². The molecule has 0 aliphatic heterocycles. The van der Waals surface area contributed by atoms with E-state index in [0.29, 0.717) is 13.2 Å². The highest BCUT2D eigenvalue weighted by Gasteiger charge is 2.10. The van der Waals surface area contributed by atoms with E-state index in [1.54, 1.807) is 6.20 Å². The lowest BCUT2D eigenvalue weighted by Crippen LogP contribution is -2.38. The number of rotatable bonds is 6. The molecular weight excluding hydrogens is 298 g/mol. The van der Waals surface area contributed by atoms with Crippen LogP contribution >= 0.6 is 11.3 Å². The molecule has 0 saturated heterocycles. The van der Waals surface area contributed by atoms with E-state index in [1.807, 2.05) is 38.3 Å². The molecule has 2 N–H and O–H groups in total. The second-order valence-electron chi connectivity index (χ2n) is 5.16. The first-order valence-corrected chi connectivity index (χ1v) is 8.07. The fraction of sp³-hybridized carbons (Fsp3) is 0.375. The molecule has 1 heterocycles. The highest BCUT2D eigenvalue weighted by Crippen LogP contribution is 2.16. The smallest absolute Gasteiger partial charge is 0.315 e. The first-order valence-electron chi connectivity index (χ1n) is 7.19. The Morgan fingerprint density at radius 1 is 1.32 bits per heavy atom. The van der Waals surface area contributed by atoms with Gasteiger partial charge in [-0.05, 0) is 44.0 Å². The van der Waals surface area contributed by atoms with Gasteiger partial charge >= 0.3 is 6.03 Å². The fourth-order valence-corrected chi connectivity index (χ4v) is 2.75. The number of nitrogens with one attached hydrogen (secondary N) is 2. The lowest BCUT2D eigenvalue weighted by atomic mass is 10.1. The topological polar surface area (TPSA) is 63.2 Å². The van der Waals surface area contributed by atoms with Crippen molar-refractivity contribution in [2.45, 2.75) is 26.8 Å². The van der Waals surface area contributed by atoms with Crippen LogP contribution in [0.25, 0.3) is 0 Å². The molecule has 1 atom stereocenters. The number of aromatic nitrogens is 1. The number of amides is 2. The average molecular weight is 319 g/mol. The van der Waals surface area contributed by atoms with E-state index in [-0.39, 0.29) is 12.1 Å². The lowest BCUT2D eigenvalue weighted by Gasteiger charge is -2.13. The number of benzene rings is 1. The summed E-state index contributed by atoms with van der Waals surface area (Å²) in [7, 11) is 0. The maximum atomic E-state index is 11.8. The Bertz CT molecular complexity index is 594. The Kier molecular flexibility index (Phi) is 5.77. The van der Waals surface area contributed by atoms with Crippen molar-refractivity contribution in [3.63, 3.8) is 0 Å². The number of hydrogen-bond donors (Lipinski definition) is 2. The summed E-state index contributed by atoms with van der Waals surface area (Å²) in [5, 5.41) is 8.40. The van der Waals surface area contributed by atoms with Crippen LogP contribution in [0.2, 0.25) is 0 Å². The van der Waals surface area contributed by atoms with Crippen LogP contribution in [-0.2, 0) is 0 Å². The minimum Gasteiger partial charge on any atom is -0.492 e. The highest BCUT2D eigenvalue weighted by molar-refractivity contribution is 7.09. The summed E-state index contributed by atoms with van der Waals surface area (Å²) in [6, 6.07) is 5.75. The third kappa shape index (κ3) is 5.04. The number of carbonyl (C=O) groups is 1. The maximum Gasteiger partial charge on any atom is 0.315 e. The van der Waals surface area contributed by atoms with Crippen LogP contribution in [0, 0.1) is 13.8 Å². The Labute approximate surface area is 134 Å². The first kappa shape index (κ1) is 16.3. The van der Waals surface area contributed by atoms with Gasteiger partial charge in [-0.15, -0.1) is 11.3 Å². The summed E-state index contributed by atoms with van der Waals surface area (Å²) < 4.78 is 5.64. The van der Waals surface area contributed by atoms with Crippen molar-refractivity contribution in [1.29, 1.82) is 0 Å². The molecule has 0 aliphatic rings. The molecule has 0 radical (unpaired) electrons. The molecule has 2 amide bonds. The minimum atomic E-state index is -0.216. The molecule has 118 valence electrons. The second-order valence-corrected chi connectivity index (χ2v) is 6.09. The third-order valence-corrected chi connectivity index (χ3v) is 3.98. The zero-order valence-electron chi connectivity index (χ0n) is 13.1. The van der Waals surface area contributed by atoms with E-state index >= 15 is 0 Å². The van der Waals surface area contributed by atoms with Gasteiger partial charge in [0.2, 0.25) is 0 Å². The zero-order chi connectivity index (χ0) is 15.9. The van der Waals surface area contributed by atoms with Crippen molar-refractivity contribution in [3.05, 3.63) is 45.9 Å². The van der Waals surface area contributed by atoms with Gasteiger partial charge < -0.3 is 15.4 Å². The number of carbonyl (C=O) groups excluding carboxylic acids is 1. The van der Waals surface area contributed by atoms with Crippen LogP contribution in [0.5, 0.6) is 5.75 Å². The van der Waals surface area contributed by atoms with Crippen LogP contribution < -0.4 is 15.4 Å². The van der Waals surface area contributed by atoms with Crippen molar-refractivity contribution in [3.8, 4) is 5.75 Å². The number of aryl methyl sites for hydroxylation is 2. The lowest BCUT2D eigenvalue weighted by molar-refractivity contribution is 0.233.